The van der Waals surface area contributed by atoms with E-state index in [0.29, 0.717) is 5.92 Å². The molecule has 19 heavy (non-hydrogen) atoms. The molecule has 1 saturated carbocycles. The number of benzene rings is 1. The van der Waals surface area contributed by atoms with Gasteiger partial charge in [-0.1, -0.05) is 65.8 Å². The minimum absolute atomic E-state index is 0.100. The molecule has 1 aliphatic carbocycles. The van der Waals surface area contributed by atoms with E-state index in [-0.39, 0.29) is 12.0 Å². The molecule has 1 heterocycles. The third kappa shape index (κ3) is 2.47. The van der Waals surface area contributed by atoms with Crippen LogP contribution in [0.3, 0.4) is 0 Å². The molecular weight excluding hydrogens is 353 g/mol. The number of hydrogen-bond acceptors (Lipinski definition) is 2. The second-order valence-corrected chi connectivity index (χ2v) is 6.13. The maximum atomic E-state index is 12.1. The average Bonchev–Trinajstić information content (AvgIpc) is 2.46. The van der Waals surface area contributed by atoms with Gasteiger partial charge in [0.25, 0.3) is 0 Å². The van der Waals surface area contributed by atoms with Gasteiger partial charge in [0.2, 0.25) is 5.71 Å². The Kier molecular flexibility index (Phi) is 3.96. The summed E-state index contributed by atoms with van der Waals surface area (Å²) in [4.78, 5) is 6.38. The van der Waals surface area contributed by atoms with Crippen LogP contribution in [0.1, 0.15) is 37.2 Å². The SMILES string of the molecule is [O-][N+]1=C(CI)[C@@H](c2ccccc2)[C@@H]2CCCC[C@@H]2O1. The predicted octanol–water partition coefficient (Wildman–Crippen LogP) is 3.66. The van der Waals surface area contributed by atoms with E-state index in [9.17, 15) is 5.21 Å². The van der Waals surface area contributed by atoms with E-state index in [4.69, 9.17) is 4.84 Å². The van der Waals surface area contributed by atoms with Gasteiger partial charge in [-0.3, -0.25) is 5.21 Å². The van der Waals surface area contributed by atoms with E-state index in [1.54, 1.807) is 0 Å². The molecule has 0 radical (unpaired) electrons. The predicted molar refractivity (Wildman–Crippen MR) is 83.5 cm³/mol. The first kappa shape index (κ1) is 13.2. The van der Waals surface area contributed by atoms with Crippen molar-refractivity contribution in [3.63, 3.8) is 0 Å². The lowest BCUT2D eigenvalue weighted by Gasteiger charge is -2.41. The van der Waals surface area contributed by atoms with Gasteiger partial charge in [-0.15, -0.1) is 0 Å². The summed E-state index contributed by atoms with van der Waals surface area (Å²) in [7, 11) is 0. The van der Waals surface area contributed by atoms with Crippen LogP contribution >= 0.6 is 22.6 Å². The Morgan fingerprint density at radius 2 is 1.95 bits per heavy atom. The summed E-state index contributed by atoms with van der Waals surface area (Å²) < 4.78 is 0.726. The van der Waals surface area contributed by atoms with Crippen LogP contribution in [0, 0.1) is 11.1 Å². The second kappa shape index (κ2) is 5.69. The highest BCUT2D eigenvalue weighted by atomic mass is 127. The van der Waals surface area contributed by atoms with Crippen LogP contribution in [0.2, 0.25) is 0 Å². The van der Waals surface area contributed by atoms with Gasteiger partial charge in [0, 0.05) is 4.90 Å². The van der Waals surface area contributed by atoms with Crippen LogP contribution in [0.5, 0.6) is 0 Å². The monoisotopic (exact) mass is 371 g/mol. The molecule has 0 N–H and O–H groups in total. The Morgan fingerprint density at radius 3 is 2.68 bits per heavy atom. The zero-order chi connectivity index (χ0) is 13.2. The molecule has 1 fully saturated rings. The zero-order valence-corrected chi connectivity index (χ0v) is 13.0. The van der Waals surface area contributed by atoms with Crippen molar-refractivity contribution in [3.8, 4) is 0 Å². The van der Waals surface area contributed by atoms with Crippen LogP contribution < -0.4 is 0 Å². The lowest BCUT2D eigenvalue weighted by molar-refractivity contribution is -0.762. The van der Waals surface area contributed by atoms with E-state index >= 15 is 0 Å². The quantitative estimate of drug-likeness (QED) is 0.452. The highest BCUT2D eigenvalue weighted by molar-refractivity contribution is 14.1. The van der Waals surface area contributed by atoms with Crippen LogP contribution in [0.4, 0.5) is 0 Å². The van der Waals surface area contributed by atoms with Crippen molar-refractivity contribution in [1.82, 2.24) is 0 Å². The fourth-order valence-electron chi connectivity index (χ4n) is 3.42. The molecule has 3 nitrogen and oxygen atoms in total. The van der Waals surface area contributed by atoms with E-state index in [1.165, 1.54) is 18.4 Å². The molecule has 2 aliphatic rings. The first-order chi connectivity index (χ1) is 9.31. The molecule has 1 aliphatic heterocycles. The Bertz CT molecular complexity index is 474. The molecule has 0 unspecified atom stereocenters. The van der Waals surface area contributed by atoms with Crippen molar-refractivity contribution in [2.45, 2.75) is 37.7 Å². The number of fused-ring (bicyclic) bond motifs is 1. The fraction of sp³-hybridized carbons (Fsp3) is 0.533. The van der Waals surface area contributed by atoms with Crippen molar-refractivity contribution < 1.29 is 9.74 Å². The molecule has 0 spiro atoms. The summed E-state index contributed by atoms with van der Waals surface area (Å²) in [5.74, 6) is 0.695. The minimum Gasteiger partial charge on any atom is -0.400 e. The number of alkyl halides is 1. The molecule has 0 aromatic heterocycles. The lowest BCUT2D eigenvalue weighted by atomic mass is 9.72. The summed E-state index contributed by atoms with van der Waals surface area (Å²) in [6.07, 6.45) is 4.71. The number of rotatable bonds is 2. The third-order valence-electron chi connectivity index (χ3n) is 4.30. The Hall–Kier alpha value is -0.780. The molecule has 0 saturated heterocycles. The van der Waals surface area contributed by atoms with Crippen molar-refractivity contribution in [2.24, 2.45) is 5.92 Å². The van der Waals surface area contributed by atoms with Crippen LogP contribution in [0.25, 0.3) is 0 Å². The van der Waals surface area contributed by atoms with E-state index in [0.717, 1.165) is 27.9 Å². The Labute approximate surface area is 127 Å². The van der Waals surface area contributed by atoms with E-state index < -0.39 is 0 Å². The highest BCUT2D eigenvalue weighted by Gasteiger charge is 2.43. The highest BCUT2D eigenvalue weighted by Crippen LogP contribution is 2.41. The maximum Gasteiger partial charge on any atom is 0.239 e. The zero-order valence-electron chi connectivity index (χ0n) is 10.8. The summed E-state index contributed by atoms with van der Waals surface area (Å²) >= 11 is 2.27. The summed E-state index contributed by atoms with van der Waals surface area (Å²) in [5.41, 5.74) is 2.13. The first-order valence-corrected chi connectivity index (χ1v) is 8.44. The smallest absolute Gasteiger partial charge is 0.239 e. The maximum absolute atomic E-state index is 12.1. The molecule has 0 bridgehead atoms. The van der Waals surface area contributed by atoms with Crippen molar-refractivity contribution in [1.29, 1.82) is 0 Å². The van der Waals surface area contributed by atoms with Crippen LogP contribution in [-0.2, 0) is 4.84 Å². The van der Waals surface area contributed by atoms with Crippen molar-refractivity contribution >= 4 is 28.3 Å². The molecule has 3 atom stereocenters. The summed E-state index contributed by atoms with van der Waals surface area (Å²) in [6, 6.07) is 10.4. The minimum atomic E-state index is 0.100. The Balaban J connectivity index is 2.02. The number of nitrogens with zero attached hydrogens (tertiary/aromatic N) is 1. The molecule has 3 rings (SSSR count). The standard InChI is InChI=1S/C15H18INO2/c16-10-13-15(11-6-2-1-3-7-11)12-8-4-5-9-14(12)19-17(13)18/h1-3,6-7,12,14-15H,4-5,8-10H2/t12-,14+,15+/m1/s1. The van der Waals surface area contributed by atoms with Gasteiger partial charge >= 0.3 is 0 Å². The van der Waals surface area contributed by atoms with E-state index in [1.807, 2.05) is 6.07 Å². The molecule has 0 amide bonds. The summed E-state index contributed by atoms with van der Waals surface area (Å²) in [5, 5.41) is 12.1. The molecule has 102 valence electrons. The fourth-order valence-corrected chi connectivity index (χ4v) is 4.17. The molecule has 1 aromatic rings. The lowest BCUT2D eigenvalue weighted by Crippen LogP contribution is -2.45. The largest absolute Gasteiger partial charge is 0.400 e. The third-order valence-corrected chi connectivity index (χ3v) is 5.08. The topological polar surface area (TPSA) is 35.3 Å². The molecular formula is C15H18INO2. The first-order valence-electron chi connectivity index (χ1n) is 6.92. The van der Waals surface area contributed by atoms with Crippen molar-refractivity contribution in [3.05, 3.63) is 41.1 Å². The average molecular weight is 371 g/mol. The summed E-state index contributed by atoms with van der Waals surface area (Å²) in [6.45, 7) is 0. The van der Waals surface area contributed by atoms with Gasteiger partial charge in [-0.2, -0.15) is 0 Å². The van der Waals surface area contributed by atoms with Gasteiger partial charge in [-0.25, -0.2) is 0 Å². The van der Waals surface area contributed by atoms with Gasteiger partial charge in [0.15, 0.2) is 0 Å². The molecule has 4 heteroatoms. The van der Waals surface area contributed by atoms with E-state index in [2.05, 4.69) is 46.9 Å². The Morgan fingerprint density at radius 1 is 1.21 bits per heavy atom. The van der Waals surface area contributed by atoms with Crippen LogP contribution in [0.15, 0.2) is 30.3 Å². The normalized spacial score (nSPS) is 30.7. The van der Waals surface area contributed by atoms with Gasteiger partial charge in [-0.05, 0) is 24.3 Å². The van der Waals surface area contributed by atoms with Crippen LogP contribution in [-0.4, -0.2) is 21.1 Å². The second-order valence-electron chi connectivity index (χ2n) is 5.36. The van der Waals surface area contributed by atoms with Gasteiger partial charge in [0.05, 0.1) is 16.4 Å². The molecule has 1 aromatic carbocycles. The van der Waals surface area contributed by atoms with Crippen molar-refractivity contribution in [2.75, 3.05) is 4.43 Å². The number of halogens is 1. The number of hydrogen-bond donors (Lipinski definition) is 0. The van der Waals surface area contributed by atoms with Gasteiger partial charge in [0.1, 0.15) is 0 Å². The van der Waals surface area contributed by atoms with Gasteiger partial charge < -0.3 is 4.84 Å².